The number of nitrogens with zero attached hydrogens (tertiary/aromatic N) is 2. The Labute approximate surface area is 124 Å². The van der Waals surface area contributed by atoms with Crippen LogP contribution < -0.4 is 0 Å². The van der Waals surface area contributed by atoms with Crippen molar-refractivity contribution in [2.24, 2.45) is 0 Å². The summed E-state index contributed by atoms with van der Waals surface area (Å²) in [5.74, 6) is 0. The van der Waals surface area contributed by atoms with E-state index in [1.807, 2.05) is 24.3 Å². The van der Waals surface area contributed by atoms with Gasteiger partial charge in [0.05, 0.1) is 6.10 Å². The Hall–Kier alpha value is -0.420. The van der Waals surface area contributed by atoms with Crippen LogP contribution in [0.4, 0.5) is 0 Å². The molecule has 4 heteroatoms. The number of benzene rings is 1. The van der Waals surface area contributed by atoms with Gasteiger partial charge in [-0.2, -0.15) is 0 Å². The molecule has 0 saturated carbocycles. The lowest BCUT2D eigenvalue weighted by Gasteiger charge is -2.38. The summed E-state index contributed by atoms with van der Waals surface area (Å²) in [4.78, 5) is 4.84. The van der Waals surface area contributed by atoms with E-state index in [0.717, 1.165) is 42.6 Å². The topological polar surface area (TPSA) is 26.7 Å². The van der Waals surface area contributed by atoms with E-state index in [-0.39, 0.29) is 6.10 Å². The molecule has 1 fully saturated rings. The van der Waals surface area contributed by atoms with Crippen LogP contribution in [0.15, 0.2) is 28.7 Å². The first-order valence-corrected chi connectivity index (χ1v) is 7.71. The Morgan fingerprint density at radius 3 is 2.63 bits per heavy atom. The molecule has 2 unspecified atom stereocenters. The summed E-state index contributed by atoms with van der Waals surface area (Å²) in [5, 5.41) is 10.2. The highest BCUT2D eigenvalue weighted by molar-refractivity contribution is 9.10. The van der Waals surface area contributed by atoms with Gasteiger partial charge in [0.1, 0.15) is 0 Å². The molecule has 0 aliphatic carbocycles. The molecule has 106 valence electrons. The fourth-order valence-corrected chi connectivity index (χ4v) is 2.75. The maximum Gasteiger partial charge on any atom is 0.0802 e. The standard InChI is InChI=1S/C15H23BrN2O/c1-12-11-18(10-9-17(12)2)8-7-15(19)13-3-5-14(16)6-4-13/h3-6,12,15,19H,7-11H2,1-2H3. The Kier molecular flexibility index (Phi) is 5.39. The van der Waals surface area contributed by atoms with Crippen molar-refractivity contribution in [1.82, 2.24) is 9.80 Å². The highest BCUT2D eigenvalue weighted by atomic mass is 79.9. The van der Waals surface area contributed by atoms with Crippen molar-refractivity contribution < 1.29 is 5.11 Å². The van der Waals surface area contributed by atoms with Gasteiger partial charge in [0.15, 0.2) is 0 Å². The molecule has 1 aliphatic heterocycles. The van der Waals surface area contributed by atoms with E-state index < -0.39 is 0 Å². The molecule has 0 radical (unpaired) electrons. The summed E-state index contributed by atoms with van der Waals surface area (Å²) in [6.45, 7) is 6.56. The minimum absolute atomic E-state index is 0.358. The maximum atomic E-state index is 10.2. The zero-order valence-electron chi connectivity index (χ0n) is 11.7. The van der Waals surface area contributed by atoms with Gasteiger partial charge in [-0.25, -0.2) is 0 Å². The van der Waals surface area contributed by atoms with Crippen LogP contribution in [0.25, 0.3) is 0 Å². The van der Waals surface area contributed by atoms with Crippen LogP contribution >= 0.6 is 15.9 Å². The molecule has 2 atom stereocenters. The normalized spacial score (nSPS) is 23.5. The third-order valence-corrected chi connectivity index (χ3v) is 4.55. The van der Waals surface area contributed by atoms with E-state index in [0.29, 0.717) is 6.04 Å². The van der Waals surface area contributed by atoms with Crippen molar-refractivity contribution in [3.05, 3.63) is 34.3 Å². The number of rotatable bonds is 4. The van der Waals surface area contributed by atoms with E-state index in [4.69, 9.17) is 0 Å². The smallest absolute Gasteiger partial charge is 0.0802 e. The third-order valence-electron chi connectivity index (χ3n) is 4.02. The third kappa shape index (κ3) is 4.28. The molecule has 1 N–H and O–H groups in total. The second-order valence-corrected chi connectivity index (χ2v) is 6.40. The van der Waals surface area contributed by atoms with E-state index in [1.165, 1.54) is 0 Å². The molecular weight excluding hydrogens is 304 g/mol. The monoisotopic (exact) mass is 326 g/mol. The first kappa shape index (κ1) is 15.0. The molecule has 1 aromatic rings. The molecular formula is C15H23BrN2O. The van der Waals surface area contributed by atoms with Gasteiger partial charge >= 0.3 is 0 Å². The molecule has 0 bridgehead atoms. The zero-order valence-corrected chi connectivity index (χ0v) is 13.3. The van der Waals surface area contributed by atoms with Crippen LogP contribution in [0.5, 0.6) is 0 Å². The van der Waals surface area contributed by atoms with Crippen molar-refractivity contribution in [2.45, 2.75) is 25.5 Å². The van der Waals surface area contributed by atoms with Gasteiger partial charge in [-0.1, -0.05) is 28.1 Å². The fourth-order valence-electron chi connectivity index (χ4n) is 2.48. The number of halogens is 1. The van der Waals surface area contributed by atoms with Crippen LogP contribution in [0.2, 0.25) is 0 Å². The molecule has 0 spiro atoms. The highest BCUT2D eigenvalue weighted by Crippen LogP contribution is 2.20. The van der Waals surface area contributed by atoms with Gasteiger partial charge in [-0.15, -0.1) is 0 Å². The lowest BCUT2D eigenvalue weighted by Crippen LogP contribution is -2.50. The summed E-state index contributed by atoms with van der Waals surface area (Å²) in [6, 6.07) is 8.55. The van der Waals surface area contributed by atoms with Crippen LogP contribution in [-0.4, -0.2) is 54.2 Å². The van der Waals surface area contributed by atoms with Crippen LogP contribution in [0.3, 0.4) is 0 Å². The Bertz CT molecular complexity index is 396. The second kappa shape index (κ2) is 6.84. The minimum atomic E-state index is -0.358. The average molecular weight is 327 g/mol. The van der Waals surface area contributed by atoms with Crippen LogP contribution in [0.1, 0.15) is 25.0 Å². The number of hydrogen-bond donors (Lipinski definition) is 1. The summed E-state index contributed by atoms with van der Waals surface area (Å²) in [6.07, 6.45) is 0.445. The summed E-state index contributed by atoms with van der Waals surface area (Å²) in [7, 11) is 2.18. The van der Waals surface area contributed by atoms with Gasteiger partial charge in [-0.3, -0.25) is 0 Å². The first-order chi connectivity index (χ1) is 9.06. The summed E-state index contributed by atoms with van der Waals surface area (Å²) >= 11 is 3.41. The van der Waals surface area contributed by atoms with E-state index in [1.54, 1.807) is 0 Å². The molecule has 2 rings (SSSR count). The molecule has 0 aromatic heterocycles. The first-order valence-electron chi connectivity index (χ1n) is 6.92. The highest BCUT2D eigenvalue weighted by Gasteiger charge is 2.21. The summed E-state index contributed by atoms with van der Waals surface area (Å²) in [5.41, 5.74) is 1.00. The lowest BCUT2D eigenvalue weighted by molar-refractivity contribution is 0.0839. The zero-order chi connectivity index (χ0) is 13.8. The van der Waals surface area contributed by atoms with Gasteiger partial charge in [0.2, 0.25) is 0 Å². The minimum Gasteiger partial charge on any atom is -0.388 e. The number of likely N-dealkylation sites (N-methyl/N-ethyl adjacent to an activating group) is 1. The van der Waals surface area contributed by atoms with Gasteiger partial charge in [-0.05, 0) is 38.1 Å². The predicted octanol–water partition coefficient (Wildman–Crippen LogP) is 2.51. The number of piperazine rings is 1. The molecule has 0 amide bonds. The molecule has 1 saturated heterocycles. The van der Waals surface area contributed by atoms with E-state index >= 15 is 0 Å². The van der Waals surface area contributed by atoms with Crippen LogP contribution in [-0.2, 0) is 0 Å². The quantitative estimate of drug-likeness (QED) is 0.921. The van der Waals surface area contributed by atoms with Gasteiger partial charge < -0.3 is 14.9 Å². The molecule has 1 heterocycles. The van der Waals surface area contributed by atoms with Crippen LogP contribution in [0, 0.1) is 0 Å². The van der Waals surface area contributed by atoms with E-state index in [2.05, 4.69) is 39.7 Å². The van der Waals surface area contributed by atoms with Crippen molar-refractivity contribution in [3.8, 4) is 0 Å². The number of hydrogen-bond acceptors (Lipinski definition) is 3. The molecule has 19 heavy (non-hydrogen) atoms. The predicted molar refractivity (Wildman–Crippen MR) is 82.3 cm³/mol. The van der Waals surface area contributed by atoms with Crippen molar-refractivity contribution in [2.75, 3.05) is 33.2 Å². The van der Waals surface area contributed by atoms with Gasteiger partial charge in [0.25, 0.3) is 0 Å². The van der Waals surface area contributed by atoms with Crippen molar-refractivity contribution >= 4 is 15.9 Å². The number of aliphatic hydroxyl groups is 1. The van der Waals surface area contributed by atoms with E-state index in [9.17, 15) is 5.11 Å². The maximum absolute atomic E-state index is 10.2. The molecule has 1 aromatic carbocycles. The SMILES string of the molecule is CC1CN(CCC(O)c2ccc(Br)cc2)CCN1C. The van der Waals surface area contributed by atoms with Gasteiger partial charge in [0, 0.05) is 36.7 Å². The number of aliphatic hydroxyl groups excluding tert-OH is 1. The van der Waals surface area contributed by atoms with Crippen molar-refractivity contribution in [3.63, 3.8) is 0 Å². The van der Waals surface area contributed by atoms with Crippen molar-refractivity contribution in [1.29, 1.82) is 0 Å². The molecule has 1 aliphatic rings. The Morgan fingerprint density at radius 2 is 2.00 bits per heavy atom. The lowest BCUT2D eigenvalue weighted by atomic mass is 10.1. The summed E-state index contributed by atoms with van der Waals surface area (Å²) < 4.78 is 1.05. The largest absolute Gasteiger partial charge is 0.388 e. The average Bonchev–Trinajstić information content (AvgIpc) is 2.40. The Morgan fingerprint density at radius 1 is 1.32 bits per heavy atom. The second-order valence-electron chi connectivity index (χ2n) is 5.49. The molecule has 3 nitrogen and oxygen atoms in total. The Balaban J connectivity index is 1.80. The fraction of sp³-hybridized carbons (Fsp3) is 0.600.